The molecule has 3 aromatic rings. The third kappa shape index (κ3) is 4.08. The Hall–Kier alpha value is -2.47. The molecule has 5 nitrogen and oxygen atoms in total. The minimum Gasteiger partial charge on any atom is -0.467 e. The van der Waals surface area contributed by atoms with Gasteiger partial charge < -0.3 is 19.2 Å². The molecule has 0 aliphatic heterocycles. The first-order valence-electron chi connectivity index (χ1n) is 7.56. The van der Waals surface area contributed by atoms with Gasteiger partial charge in [0, 0.05) is 29.1 Å². The number of carbonyl (C=O) groups is 1. The lowest BCUT2D eigenvalue weighted by Crippen LogP contribution is -2.34. The van der Waals surface area contributed by atoms with Crippen LogP contribution in [0.5, 0.6) is 0 Å². The van der Waals surface area contributed by atoms with Gasteiger partial charge in [-0.1, -0.05) is 15.9 Å². The summed E-state index contributed by atoms with van der Waals surface area (Å²) in [5, 5.41) is 2.93. The van der Waals surface area contributed by atoms with E-state index in [1.54, 1.807) is 11.2 Å². The van der Waals surface area contributed by atoms with E-state index in [0.717, 1.165) is 21.6 Å². The Labute approximate surface area is 149 Å². The van der Waals surface area contributed by atoms with Crippen LogP contribution in [0.15, 0.2) is 69.9 Å². The largest absolute Gasteiger partial charge is 0.467 e. The van der Waals surface area contributed by atoms with E-state index in [4.69, 9.17) is 4.42 Å². The summed E-state index contributed by atoms with van der Waals surface area (Å²) in [4.78, 5) is 14.4. The molecule has 3 rings (SSSR count). The van der Waals surface area contributed by atoms with Crippen LogP contribution < -0.4 is 5.32 Å². The molecule has 0 radical (unpaired) electrons. The summed E-state index contributed by atoms with van der Waals surface area (Å²) >= 11 is 3.39. The fourth-order valence-electron chi connectivity index (χ4n) is 2.38. The molecule has 2 amide bonds. The number of furan rings is 1. The van der Waals surface area contributed by atoms with Gasteiger partial charge in [0.1, 0.15) is 5.76 Å². The number of rotatable bonds is 5. The third-order valence-corrected chi connectivity index (χ3v) is 4.24. The molecule has 2 aromatic heterocycles. The molecular weight excluding hydrogens is 370 g/mol. The van der Waals surface area contributed by atoms with Crippen LogP contribution in [0.2, 0.25) is 0 Å². The van der Waals surface area contributed by atoms with Gasteiger partial charge in [-0.2, -0.15) is 0 Å². The van der Waals surface area contributed by atoms with Crippen molar-refractivity contribution in [2.75, 3.05) is 5.32 Å². The van der Waals surface area contributed by atoms with Gasteiger partial charge in [-0.3, -0.25) is 0 Å². The molecule has 6 heteroatoms. The van der Waals surface area contributed by atoms with Crippen molar-refractivity contribution < 1.29 is 9.21 Å². The molecule has 0 spiro atoms. The zero-order valence-corrected chi connectivity index (χ0v) is 14.9. The number of benzene rings is 1. The highest BCUT2D eigenvalue weighted by molar-refractivity contribution is 9.10. The van der Waals surface area contributed by atoms with E-state index >= 15 is 0 Å². The molecule has 0 atom stereocenters. The average molecular weight is 388 g/mol. The minimum absolute atomic E-state index is 0.171. The van der Waals surface area contributed by atoms with Crippen LogP contribution in [0.3, 0.4) is 0 Å². The van der Waals surface area contributed by atoms with Crippen LogP contribution in [0.4, 0.5) is 10.5 Å². The SMILES string of the molecule is Cn1cccc1CN(Cc1ccco1)C(=O)Nc1ccc(Br)cc1. The van der Waals surface area contributed by atoms with Crippen LogP contribution in [0.25, 0.3) is 0 Å². The maximum atomic E-state index is 12.7. The Morgan fingerprint density at radius 1 is 1.17 bits per heavy atom. The molecule has 0 bridgehead atoms. The monoisotopic (exact) mass is 387 g/mol. The molecule has 0 aliphatic rings. The van der Waals surface area contributed by atoms with Crippen LogP contribution in [0, 0.1) is 0 Å². The highest BCUT2D eigenvalue weighted by Gasteiger charge is 2.17. The van der Waals surface area contributed by atoms with E-state index in [1.807, 2.05) is 66.3 Å². The smallest absolute Gasteiger partial charge is 0.322 e. The number of carbonyl (C=O) groups excluding carboxylic acids is 1. The van der Waals surface area contributed by atoms with E-state index in [2.05, 4.69) is 21.2 Å². The number of nitrogens with one attached hydrogen (secondary N) is 1. The second-order valence-corrected chi connectivity index (χ2v) is 6.40. The van der Waals surface area contributed by atoms with E-state index in [1.165, 1.54) is 0 Å². The van der Waals surface area contributed by atoms with Crippen molar-refractivity contribution in [2.45, 2.75) is 13.1 Å². The predicted molar refractivity (Wildman–Crippen MR) is 96.5 cm³/mol. The van der Waals surface area contributed by atoms with Gasteiger partial charge >= 0.3 is 6.03 Å². The number of anilines is 1. The van der Waals surface area contributed by atoms with Crippen molar-refractivity contribution in [1.82, 2.24) is 9.47 Å². The molecule has 0 saturated heterocycles. The number of aryl methyl sites for hydroxylation is 1. The number of aromatic nitrogens is 1. The minimum atomic E-state index is -0.171. The number of urea groups is 1. The topological polar surface area (TPSA) is 50.4 Å². The Kier molecular flexibility index (Phi) is 5.05. The lowest BCUT2D eigenvalue weighted by molar-refractivity contribution is 0.200. The summed E-state index contributed by atoms with van der Waals surface area (Å²) in [6.07, 6.45) is 3.58. The Bertz CT molecular complexity index is 794. The maximum absolute atomic E-state index is 12.7. The fourth-order valence-corrected chi connectivity index (χ4v) is 2.65. The first kappa shape index (κ1) is 16.4. The zero-order chi connectivity index (χ0) is 16.9. The van der Waals surface area contributed by atoms with E-state index in [0.29, 0.717) is 13.1 Å². The van der Waals surface area contributed by atoms with E-state index in [9.17, 15) is 4.79 Å². The van der Waals surface area contributed by atoms with Crippen molar-refractivity contribution in [2.24, 2.45) is 7.05 Å². The fraction of sp³-hybridized carbons (Fsp3) is 0.167. The molecule has 24 heavy (non-hydrogen) atoms. The molecule has 0 unspecified atom stereocenters. The molecule has 1 aromatic carbocycles. The molecule has 2 heterocycles. The van der Waals surface area contributed by atoms with Crippen molar-refractivity contribution in [3.05, 3.63) is 76.9 Å². The Morgan fingerprint density at radius 3 is 2.58 bits per heavy atom. The first-order valence-corrected chi connectivity index (χ1v) is 8.35. The van der Waals surface area contributed by atoms with Crippen LogP contribution in [-0.2, 0) is 20.1 Å². The second kappa shape index (κ2) is 7.40. The van der Waals surface area contributed by atoms with Crippen molar-refractivity contribution >= 4 is 27.6 Å². The predicted octanol–water partition coefficient (Wildman–Crippen LogP) is 4.61. The van der Waals surface area contributed by atoms with Gasteiger partial charge in [0.15, 0.2) is 0 Å². The summed E-state index contributed by atoms with van der Waals surface area (Å²) < 4.78 is 8.37. The first-order chi connectivity index (χ1) is 11.6. The number of nitrogens with zero attached hydrogens (tertiary/aromatic N) is 2. The normalized spacial score (nSPS) is 10.6. The molecule has 124 valence electrons. The highest BCUT2D eigenvalue weighted by Crippen LogP contribution is 2.17. The van der Waals surface area contributed by atoms with Crippen LogP contribution in [-0.4, -0.2) is 15.5 Å². The standard InChI is InChI=1S/C18H18BrN3O2/c1-21-10-2-4-16(21)12-22(13-17-5-3-11-24-17)18(23)20-15-8-6-14(19)7-9-15/h2-11H,12-13H2,1H3,(H,20,23). The Morgan fingerprint density at radius 2 is 1.96 bits per heavy atom. The van der Waals surface area contributed by atoms with Crippen molar-refractivity contribution in [1.29, 1.82) is 0 Å². The van der Waals surface area contributed by atoms with Crippen LogP contribution >= 0.6 is 15.9 Å². The molecule has 1 N–H and O–H groups in total. The third-order valence-electron chi connectivity index (χ3n) is 3.71. The summed E-state index contributed by atoms with van der Waals surface area (Å²) in [6.45, 7) is 0.896. The summed E-state index contributed by atoms with van der Waals surface area (Å²) in [5.41, 5.74) is 1.80. The highest BCUT2D eigenvalue weighted by atomic mass is 79.9. The van der Waals surface area contributed by atoms with E-state index in [-0.39, 0.29) is 6.03 Å². The van der Waals surface area contributed by atoms with Gasteiger partial charge in [0.05, 0.1) is 19.4 Å². The molecule has 0 saturated carbocycles. The summed E-state index contributed by atoms with van der Waals surface area (Å²) in [7, 11) is 1.97. The number of hydrogen-bond acceptors (Lipinski definition) is 2. The number of hydrogen-bond donors (Lipinski definition) is 1. The number of halogens is 1. The average Bonchev–Trinajstić information content (AvgIpc) is 3.21. The molecule has 0 aliphatic carbocycles. The quantitative estimate of drug-likeness (QED) is 0.694. The van der Waals surface area contributed by atoms with Gasteiger partial charge in [0.2, 0.25) is 0 Å². The van der Waals surface area contributed by atoms with Crippen molar-refractivity contribution in [3.8, 4) is 0 Å². The van der Waals surface area contributed by atoms with E-state index < -0.39 is 0 Å². The maximum Gasteiger partial charge on any atom is 0.322 e. The number of amides is 2. The molecular formula is C18H18BrN3O2. The van der Waals surface area contributed by atoms with Crippen molar-refractivity contribution in [3.63, 3.8) is 0 Å². The summed E-state index contributed by atoms with van der Waals surface area (Å²) in [5.74, 6) is 0.746. The second-order valence-electron chi connectivity index (χ2n) is 5.48. The van der Waals surface area contributed by atoms with Gasteiger partial charge in [-0.05, 0) is 48.5 Å². The Balaban J connectivity index is 1.76. The molecule has 0 fully saturated rings. The van der Waals surface area contributed by atoms with Gasteiger partial charge in [-0.25, -0.2) is 4.79 Å². The van der Waals surface area contributed by atoms with Crippen LogP contribution in [0.1, 0.15) is 11.5 Å². The lowest BCUT2D eigenvalue weighted by Gasteiger charge is -2.22. The lowest BCUT2D eigenvalue weighted by atomic mass is 10.3. The van der Waals surface area contributed by atoms with Gasteiger partial charge in [-0.15, -0.1) is 0 Å². The summed E-state index contributed by atoms with van der Waals surface area (Å²) in [6, 6.07) is 15.0. The van der Waals surface area contributed by atoms with Gasteiger partial charge in [0.25, 0.3) is 0 Å². The zero-order valence-electron chi connectivity index (χ0n) is 13.3.